The monoisotopic (exact) mass is 363 g/mol. The molecule has 5 nitrogen and oxygen atoms in total. The van der Waals surface area contributed by atoms with Gasteiger partial charge in [0.15, 0.2) is 0 Å². The number of nitrogens with one attached hydrogen (secondary N) is 1. The number of nitrogens with zero attached hydrogens (tertiary/aromatic N) is 1. The van der Waals surface area contributed by atoms with E-state index in [2.05, 4.69) is 30.5 Å². The van der Waals surface area contributed by atoms with Crippen molar-refractivity contribution in [3.63, 3.8) is 0 Å². The molecule has 0 saturated heterocycles. The first kappa shape index (κ1) is 19.3. The predicted molar refractivity (Wildman–Crippen MR) is 94.4 cm³/mol. The van der Waals surface area contributed by atoms with E-state index in [1.807, 2.05) is 0 Å². The molecule has 8 heteroatoms. The highest BCUT2D eigenvalue weighted by molar-refractivity contribution is 7.89. The molecule has 1 heterocycles. The van der Waals surface area contributed by atoms with Crippen LogP contribution in [0, 0.1) is 0 Å². The van der Waals surface area contributed by atoms with Gasteiger partial charge in [-0.3, -0.25) is 0 Å². The van der Waals surface area contributed by atoms with Crippen LogP contribution < -0.4 is 10.5 Å². The molecule has 0 unspecified atom stereocenters. The van der Waals surface area contributed by atoms with Crippen LogP contribution in [0.25, 0.3) is 10.2 Å². The van der Waals surface area contributed by atoms with E-state index in [9.17, 15) is 8.42 Å². The summed E-state index contributed by atoms with van der Waals surface area (Å²) in [5, 5.41) is 1.00. The third-order valence-corrected chi connectivity index (χ3v) is 5.89. The number of halogens is 1. The maximum atomic E-state index is 12.2. The predicted octanol–water partition coefficient (Wildman–Crippen LogP) is 2.64. The number of nitrogens with two attached hydrogens (primary N) is 1. The van der Waals surface area contributed by atoms with Crippen molar-refractivity contribution in [3.8, 4) is 0 Å². The summed E-state index contributed by atoms with van der Waals surface area (Å²) in [6.45, 7) is 7.10. The molecule has 2 rings (SSSR count). The van der Waals surface area contributed by atoms with Crippen LogP contribution in [0.5, 0.6) is 0 Å². The number of hydrogen-bond acceptors (Lipinski definition) is 5. The summed E-state index contributed by atoms with van der Waals surface area (Å²) in [6, 6.07) is 5.05. The van der Waals surface area contributed by atoms with Gasteiger partial charge >= 0.3 is 0 Å². The minimum absolute atomic E-state index is 0. The number of hydrogen-bond donors (Lipinski definition) is 2. The molecular formula is C14H22ClN3O2S2. The maximum absolute atomic E-state index is 12.2. The molecule has 1 aromatic heterocycles. The zero-order valence-electron chi connectivity index (χ0n) is 12.9. The van der Waals surface area contributed by atoms with Crippen molar-refractivity contribution in [2.75, 3.05) is 13.1 Å². The average molecular weight is 364 g/mol. The molecule has 0 saturated carbocycles. The number of thiazole rings is 1. The molecule has 0 aliphatic rings. The topological polar surface area (TPSA) is 85.1 Å². The van der Waals surface area contributed by atoms with Gasteiger partial charge < -0.3 is 5.73 Å². The van der Waals surface area contributed by atoms with Crippen molar-refractivity contribution >= 4 is 44.0 Å². The fourth-order valence-corrected chi connectivity index (χ4v) is 4.02. The Balaban J connectivity index is 0.00000242. The van der Waals surface area contributed by atoms with Gasteiger partial charge in [0.25, 0.3) is 0 Å². The molecule has 2 aromatic rings. The molecule has 3 N–H and O–H groups in total. The molecule has 124 valence electrons. The second-order valence-corrected chi connectivity index (χ2v) is 8.74. The molecular weight excluding hydrogens is 342 g/mol. The van der Waals surface area contributed by atoms with Gasteiger partial charge in [-0.15, -0.1) is 23.7 Å². The highest BCUT2D eigenvalue weighted by atomic mass is 35.5. The largest absolute Gasteiger partial charge is 0.330 e. The summed E-state index contributed by atoms with van der Waals surface area (Å²) in [4.78, 5) is 4.84. The molecule has 0 radical (unpaired) electrons. The second-order valence-electron chi connectivity index (χ2n) is 5.94. The van der Waals surface area contributed by atoms with E-state index in [0.29, 0.717) is 19.5 Å². The first-order chi connectivity index (χ1) is 9.74. The molecule has 0 aliphatic heterocycles. The standard InChI is InChI=1S/C14H21N3O2S2.ClH/c1-14(2,3)13-17-11-6-5-10(9-12(11)20-13)21(18,19)16-8-4-7-15;/h5-6,9,16H,4,7-8,15H2,1-3H3;1H. The fraction of sp³-hybridized carbons (Fsp3) is 0.500. The Labute approximate surface area is 141 Å². The molecule has 0 atom stereocenters. The lowest BCUT2D eigenvalue weighted by atomic mass is 9.98. The zero-order chi connectivity index (χ0) is 15.7. The van der Waals surface area contributed by atoms with E-state index >= 15 is 0 Å². The Kier molecular flexibility index (Phi) is 6.35. The van der Waals surface area contributed by atoms with Gasteiger partial charge in [0.05, 0.1) is 20.1 Å². The molecule has 22 heavy (non-hydrogen) atoms. The third kappa shape index (κ3) is 4.39. The minimum atomic E-state index is -3.48. The number of fused-ring (bicyclic) bond motifs is 1. The van der Waals surface area contributed by atoms with Crippen LogP contribution in [-0.4, -0.2) is 26.5 Å². The van der Waals surface area contributed by atoms with Crippen molar-refractivity contribution < 1.29 is 8.42 Å². The van der Waals surface area contributed by atoms with E-state index in [1.54, 1.807) is 18.2 Å². The Morgan fingerprint density at radius 1 is 1.32 bits per heavy atom. The Bertz CT molecular complexity index is 736. The normalized spacial score (nSPS) is 12.4. The van der Waals surface area contributed by atoms with Gasteiger partial charge in [-0.1, -0.05) is 20.8 Å². The lowest BCUT2D eigenvalue weighted by Gasteiger charge is -2.13. The lowest BCUT2D eigenvalue weighted by Crippen LogP contribution is -2.26. The van der Waals surface area contributed by atoms with Crippen LogP contribution in [0.4, 0.5) is 0 Å². The van der Waals surface area contributed by atoms with E-state index in [-0.39, 0.29) is 22.7 Å². The van der Waals surface area contributed by atoms with Crippen LogP contribution in [0.3, 0.4) is 0 Å². The summed E-state index contributed by atoms with van der Waals surface area (Å²) in [5.74, 6) is 0. The van der Waals surface area contributed by atoms with Crippen molar-refractivity contribution in [1.82, 2.24) is 9.71 Å². The summed E-state index contributed by atoms with van der Waals surface area (Å²) in [7, 11) is -3.48. The Morgan fingerprint density at radius 3 is 2.59 bits per heavy atom. The van der Waals surface area contributed by atoms with Crippen molar-refractivity contribution in [2.24, 2.45) is 5.73 Å². The van der Waals surface area contributed by atoms with Gasteiger partial charge in [-0.2, -0.15) is 0 Å². The van der Waals surface area contributed by atoms with Crippen molar-refractivity contribution in [2.45, 2.75) is 37.5 Å². The zero-order valence-corrected chi connectivity index (χ0v) is 15.4. The lowest BCUT2D eigenvalue weighted by molar-refractivity contribution is 0.579. The van der Waals surface area contributed by atoms with Crippen molar-refractivity contribution in [1.29, 1.82) is 0 Å². The van der Waals surface area contributed by atoms with E-state index in [0.717, 1.165) is 15.2 Å². The van der Waals surface area contributed by atoms with Gasteiger partial charge in [0.2, 0.25) is 10.0 Å². The van der Waals surface area contributed by atoms with Gasteiger partial charge in [-0.25, -0.2) is 18.1 Å². The number of rotatable bonds is 5. The number of sulfonamides is 1. The highest BCUT2D eigenvalue weighted by Gasteiger charge is 2.20. The van der Waals surface area contributed by atoms with E-state index < -0.39 is 10.0 Å². The molecule has 0 amide bonds. The van der Waals surface area contributed by atoms with Gasteiger partial charge in [0.1, 0.15) is 0 Å². The van der Waals surface area contributed by atoms with Crippen LogP contribution >= 0.6 is 23.7 Å². The second kappa shape index (κ2) is 7.23. The smallest absolute Gasteiger partial charge is 0.240 e. The third-order valence-electron chi connectivity index (χ3n) is 2.98. The van der Waals surface area contributed by atoms with Crippen LogP contribution in [0.15, 0.2) is 23.1 Å². The van der Waals surface area contributed by atoms with Crippen LogP contribution in [-0.2, 0) is 15.4 Å². The SMILES string of the molecule is CC(C)(C)c1nc2ccc(S(=O)(=O)NCCCN)cc2s1.Cl. The number of benzene rings is 1. The maximum Gasteiger partial charge on any atom is 0.240 e. The summed E-state index contributed by atoms with van der Waals surface area (Å²) in [6.07, 6.45) is 0.621. The summed E-state index contributed by atoms with van der Waals surface area (Å²) >= 11 is 1.54. The fourth-order valence-electron chi connectivity index (χ4n) is 1.78. The first-order valence-electron chi connectivity index (χ1n) is 6.85. The Morgan fingerprint density at radius 2 is 2.00 bits per heavy atom. The van der Waals surface area contributed by atoms with E-state index in [4.69, 9.17) is 5.73 Å². The molecule has 0 bridgehead atoms. The van der Waals surface area contributed by atoms with E-state index in [1.165, 1.54) is 11.3 Å². The Hall–Kier alpha value is -0.730. The molecule has 0 aliphatic carbocycles. The molecule has 0 spiro atoms. The van der Waals surface area contributed by atoms with Crippen molar-refractivity contribution in [3.05, 3.63) is 23.2 Å². The summed E-state index contributed by atoms with van der Waals surface area (Å²) in [5.41, 5.74) is 6.17. The van der Waals surface area contributed by atoms with Crippen LogP contribution in [0.1, 0.15) is 32.2 Å². The minimum Gasteiger partial charge on any atom is -0.330 e. The molecule has 0 fully saturated rings. The van der Waals surface area contributed by atoms with Gasteiger partial charge in [-0.05, 0) is 31.2 Å². The number of aromatic nitrogens is 1. The first-order valence-corrected chi connectivity index (χ1v) is 9.15. The van der Waals surface area contributed by atoms with Gasteiger partial charge in [0, 0.05) is 12.0 Å². The van der Waals surface area contributed by atoms with Crippen LogP contribution in [0.2, 0.25) is 0 Å². The average Bonchev–Trinajstić information content (AvgIpc) is 2.81. The summed E-state index contributed by atoms with van der Waals surface area (Å²) < 4.78 is 27.8. The quantitative estimate of drug-likeness (QED) is 0.799. The highest BCUT2D eigenvalue weighted by Crippen LogP contribution is 2.32. The molecule has 1 aromatic carbocycles.